The van der Waals surface area contributed by atoms with Crippen molar-refractivity contribution in [3.8, 4) is 22.6 Å². The number of hydrogen-bond donors (Lipinski definition) is 1. The largest absolute Gasteiger partial charge is 0.496 e. The molecule has 21 heavy (non-hydrogen) atoms. The molecule has 0 fully saturated rings. The molecule has 0 heterocycles. The molecule has 0 bridgehead atoms. The van der Waals surface area contributed by atoms with E-state index in [1.54, 1.807) is 18.2 Å². The molecule has 0 radical (unpaired) electrons. The van der Waals surface area contributed by atoms with E-state index in [9.17, 15) is 4.79 Å². The van der Waals surface area contributed by atoms with Gasteiger partial charge in [-0.15, -0.1) is 0 Å². The number of halogens is 1. The fourth-order valence-electron chi connectivity index (χ4n) is 2.02. The Balaban J connectivity index is 2.45. The van der Waals surface area contributed by atoms with Crippen molar-refractivity contribution in [3.63, 3.8) is 0 Å². The maximum absolute atomic E-state index is 11.1. The predicted molar refractivity (Wildman–Crippen MR) is 81.6 cm³/mol. The molecule has 0 aliphatic carbocycles. The minimum atomic E-state index is -1.03. The lowest BCUT2D eigenvalue weighted by Gasteiger charge is -2.11. The van der Waals surface area contributed by atoms with Crippen LogP contribution in [0.15, 0.2) is 36.4 Å². The molecule has 0 unspecified atom stereocenters. The summed E-state index contributed by atoms with van der Waals surface area (Å²) in [6.07, 6.45) is 0. The molecule has 0 spiro atoms. The summed E-state index contributed by atoms with van der Waals surface area (Å²) in [7, 11) is 1.44. The van der Waals surface area contributed by atoms with E-state index in [-0.39, 0.29) is 5.56 Å². The number of aromatic carboxylic acids is 1. The summed E-state index contributed by atoms with van der Waals surface area (Å²) < 4.78 is 10.5. The molecule has 2 aromatic rings. The zero-order chi connectivity index (χ0) is 15.4. The Bertz CT molecular complexity index is 667. The van der Waals surface area contributed by atoms with Gasteiger partial charge in [-0.05, 0) is 42.8 Å². The Morgan fingerprint density at radius 2 is 2.00 bits per heavy atom. The Kier molecular flexibility index (Phi) is 4.70. The highest BCUT2D eigenvalue weighted by molar-refractivity contribution is 6.33. The SMILES string of the molecule is CCOc1ccc(-c2ccc(C(=O)O)c(OC)c2)c(Cl)c1. The molecule has 4 nitrogen and oxygen atoms in total. The van der Waals surface area contributed by atoms with E-state index < -0.39 is 5.97 Å². The quantitative estimate of drug-likeness (QED) is 0.903. The van der Waals surface area contributed by atoms with Crippen LogP contribution in [0.4, 0.5) is 0 Å². The molecule has 0 aromatic heterocycles. The van der Waals surface area contributed by atoms with Gasteiger partial charge in [0.1, 0.15) is 17.1 Å². The first kappa shape index (κ1) is 15.2. The zero-order valence-electron chi connectivity index (χ0n) is 11.7. The number of carbonyl (C=O) groups is 1. The van der Waals surface area contributed by atoms with E-state index in [1.165, 1.54) is 13.2 Å². The maximum atomic E-state index is 11.1. The van der Waals surface area contributed by atoms with Crippen molar-refractivity contribution in [2.24, 2.45) is 0 Å². The highest BCUT2D eigenvalue weighted by Gasteiger charge is 2.13. The topological polar surface area (TPSA) is 55.8 Å². The van der Waals surface area contributed by atoms with Crippen LogP contribution in [0.25, 0.3) is 11.1 Å². The smallest absolute Gasteiger partial charge is 0.339 e. The van der Waals surface area contributed by atoms with Crippen LogP contribution >= 0.6 is 11.6 Å². The van der Waals surface area contributed by atoms with Crippen molar-refractivity contribution >= 4 is 17.6 Å². The van der Waals surface area contributed by atoms with E-state index in [0.29, 0.717) is 23.1 Å². The second kappa shape index (κ2) is 6.50. The van der Waals surface area contributed by atoms with Crippen LogP contribution in [0, 0.1) is 0 Å². The van der Waals surface area contributed by atoms with Crippen molar-refractivity contribution in [1.29, 1.82) is 0 Å². The van der Waals surface area contributed by atoms with E-state index in [2.05, 4.69) is 0 Å². The summed E-state index contributed by atoms with van der Waals surface area (Å²) in [6.45, 7) is 2.47. The lowest BCUT2D eigenvalue weighted by molar-refractivity contribution is 0.0693. The van der Waals surface area contributed by atoms with Gasteiger partial charge in [-0.3, -0.25) is 0 Å². The van der Waals surface area contributed by atoms with Crippen molar-refractivity contribution in [3.05, 3.63) is 47.0 Å². The number of methoxy groups -OCH3 is 1. The molecule has 5 heteroatoms. The van der Waals surface area contributed by atoms with Crippen LogP contribution in [-0.4, -0.2) is 24.8 Å². The first-order valence-electron chi connectivity index (χ1n) is 6.41. The zero-order valence-corrected chi connectivity index (χ0v) is 12.5. The van der Waals surface area contributed by atoms with Gasteiger partial charge in [-0.1, -0.05) is 17.7 Å². The van der Waals surface area contributed by atoms with Gasteiger partial charge >= 0.3 is 5.97 Å². The van der Waals surface area contributed by atoms with Crippen LogP contribution in [0.1, 0.15) is 17.3 Å². The van der Waals surface area contributed by atoms with E-state index in [4.69, 9.17) is 26.2 Å². The van der Waals surface area contributed by atoms with Gasteiger partial charge in [0.25, 0.3) is 0 Å². The molecule has 2 aromatic carbocycles. The summed E-state index contributed by atoms with van der Waals surface area (Å²) in [6, 6.07) is 10.3. The first-order valence-corrected chi connectivity index (χ1v) is 6.78. The summed E-state index contributed by atoms with van der Waals surface area (Å²) >= 11 is 6.26. The average Bonchev–Trinajstić information content (AvgIpc) is 2.47. The molecule has 1 N–H and O–H groups in total. The van der Waals surface area contributed by atoms with Crippen molar-refractivity contribution in [1.82, 2.24) is 0 Å². The highest BCUT2D eigenvalue weighted by atomic mass is 35.5. The third kappa shape index (κ3) is 3.28. The highest BCUT2D eigenvalue weighted by Crippen LogP contribution is 2.34. The minimum Gasteiger partial charge on any atom is -0.496 e. The Morgan fingerprint density at radius 1 is 1.24 bits per heavy atom. The lowest BCUT2D eigenvalue weighted by Crippen LogP contribution is -2.00. The van der Waals surface area contributed by atoms with Crippen molar-refractivity contribution < 1.29 is 19.4 Å². The third-order valence-corrected chi connectivity index (χ3v) is 3.31. The summed E-state index contributed by atoms with van der Waals surface area (Å²) in [5.74, 6) is -0.0403. The average molecular weight is 307 g/mol. The molecular formula is C16H15ClO4. The Hall–Kier alpha value is -2.20. The van der Waals surface area contributed by atoms with Crippen LogP contribution < -0.4 is 9.47 Å². The van der Waals surface area contributed by atoms with Gasteiger partial charge in [0.05, 0.1) is 18.7 Å². The molecule has 0 amide bonds. The summed E-state index contributed by atoms with van der Waals surface area (Å²) in [5.41, 5.74) is 1.68. The van der Waals surface area contributed by atoms with Gasteiger partial charge in [0.15, 0.2) is 0 Å². The number of carboxylic acids is 1. The summed E-state index contributed by atoms with van der Waals surface area (Å²) in [4.78, 5) is 11.1. The number of benzene rings is 2. The predicted octanol–water partition coefficient (Wildman–Crippen LogP) is 4.11. The fourth-order valence-corrected chi connectivity index (χ4v) is 2.30. The Labute approximate surface area is 127 Å². The van der Waals surface area contributed by atoms with Gasteiger partial charge < -0.3 is 14.6 Å². The normalized spacial score (nSPS) is 10.2. The van der Waals surface area contributed by atoms with Crippen LogP contribution in [-0.2, 0) is 0 Å². The van der Waals surface area contributed by atoms with E-state index in [0.717, 1.165) is 11.1 Å². The third-order valence-electron chi connectivity index (χ3n) is 2.99. The van der Waals surface area contributed by atoms with Gasteiger partial charge in [0, 0.05) is 5.56 Å². The molecule has 0 saturated heterocycles. The maximum Gasteiger partial charge on any atom is 0.339 e. The molecule has 0 aliphatic rings. The number of rotatable bonds is 5. The van der Waals surface area contributed by atoms with Gasteiger partial charge in [0.2, 0.25) is 0 Å². The molecule has 110 valence electrons. The standard InChI is InChI=1S/C16H15ClO4/c1-3-21-11-5-7-12(14(17)9-11)10-4-6-13(16(18)19)15(8-10)20-2/h4-9H,3H2,1-2H3,(H,18,19). The number of hydrogen-bond acceptors (Lipinski definition) is 3. The van der Waals surface area contributed by atoms with Gasteiger partial charge in [-0.25, -0.2) is 4.79 Å². The van der Waals surface area contributed by atoms with Crippen LogP contribution in [0.5, 0.6) is 11.5 Å². The second-order valence-electron chi connectivity index (χ2n) is 4.29. The molecule has 0 aliphatic heterocycles. The second-order valence-corrected chi connectivity index (χ2v) is 4.70. The van der Waals surface area contributed by atoms with E-state index >= 15 is 0 Å². The van der Waals surface area contributed by atoms with Crippen molar-refractivity contribution in [2.75, 3.05) is 13.7 Å². The summed E-state index contributed by atoms with van der Waals surface area (Å²) in [5, 5.41) is 9.62. The first-order chi connectivity index (χ1) is 10.1. The molecule has 2 rings (SSSR count). The molecule has 0 atom stereocenters. The van der Waals surface area contributed by atoms with Crippen LogP contribution in [0.2, 0.25) is 5.02 Å². The van der Waals surface area contributed by atoms with E-state index in [1.807, 2.05) is 19.1 Å². The van der Waals surface area contributed by atoms with Crippen LogP contribution in [0.3, 0.4) is 0 Å². The molecule has 0 saturated carbocycles. The Morgan fingerprint density at radius 3 is 2.57 bits per heavy atom. The van der Waals surface area contributed by atoms with Crippen molar-refractivity contribution in [2.45, 2.75) is 6.92 Å². The van der Waals surface area contributed by atoms with Gasteiger partial charge in [-0.2, -0.15) is 0 Å². The fraction of sp³-hybridized carbons (Fsp3) is 0.188. The minimum absolute atomic E-state index is 0.114. The lowest BCUT2D eigenvalue weighted by atomic mass is 10.0. The number of ether oxygens (including phenoxy) is 2. The molecular weight excluding hydrogens is 292 g/mol. The number of carboxylic acid groups (broad SMARTS) is 1. The monoisotopic (exact) mass is 306 g/mol.